The van der Waals surface area contributed by atoms with Crippen LogP contribution in [0.1, 0.15) is 61.8 Å². The van der Waals surface area contributed by atoms with Crippen LogP contribution in [0.3, 0.4) is 0 Å². The summed E-state index contributed by atoms with van der Waals surface area (Å²) in [4.78, 5) is 11.6. The van der Waals surface area contributed by atoms with Gasteiger partial charge in [0.05, 0.1) is 19.3 Å². The number of esters is 1. The topological polar surface area (TPSA) is 44.8 Å². The number of allylic oxidation sites excluding steroid dienone is 1. The molecule has 0 aliphatic rings. The van der Waals surface area contributed by atoms with Crippen molar-refractivity contribution in [3.63, 3.8) is 0 Å². The molecular formula is C24H48O4Si2. The summed E-state index contributed by atoms with van der Waals surface area (Å²) in [5, 5.41) is 0.237. The van der Waals surface area contributed by atoms with Gasteiger partial charge in [-0.3, -0.25) is 0 Å². The molecule has 6 heteroatoms. The van der Waals surface area contributed by atoms with Crippen LogP contribution in [0.2, 0.25) is 36.3 Å². The molecule has 0 unspecified atom stereocenters. The third-order valence-electron chi connectivity index (χ3n) is 6.80. The fourth-order valence-corrected chi connectivity index (χ4v) is 5.28. The Hall–Kier alpha value is -0.696. The van der Waals surface area contributed by atoms with Gasteiger partial charge in [-0.05, 0) is 49.6 Å². The van der Waals surface area contributed by atoms with Gasteiger partial charge in [-0.2, -0.15) is 0 Å². The third kappa shape index (κ3) is 8.81. The number of rotatable bonds is 10. The smallest absolute Gasteiger partial charge is 0.330 e. The second-order valence-electron chi connectivity index (χ2n) is 11.3. The molecule has 0 bridgehead atoms. The van der Waals surface area contributed by atoms with Crippen LogP contribution in [0.25, 0.3) is 0 Å². The Bertz CT molecular complexity index is 595. The van der Waals surface area contributed by atoms with E-state index in [4.69, 9.17) is 13.6 Å². The number of methoxy groups -OCH3 is 1. The number of carbonyl (C=O) groups is 1. The van der Waals surface area contributed by atoms with Crippen LogP contribution in [0.5, 0.6) is 0 Å². The first-order valence-corrected chi connectivity index (χ1v) is 16.9. The second-order valence-corrected chi connectivity index (χ2v) is 20.8. The lowest BCUT2D eigenvalue weighted by atomic mass is 9.95. The van der Waals surface area contributed by atoms with Gasteiger partial charge in [0.2, 0.25) is 0 Å². The molecule has 0 aliphatic heterocycles. The molecule has 0 aromatic rings. The molecule has 0 saturated heterocycles. The summed E-state index contributed by atoms with van der Waals surface area (Å²) in [6.07, 6.45) is 8.18. The number of ether oxygens (including phenoxy) is 1. The van der Waals surface area contributed by atoms with Gasteiger partial charge in [0, 0.05) is 12.0 Å². The summed E-state index contributed by atoms with van der Waals surface area (Å²) in [7, 11) is -2.55. The Morgan fingerprint density at radius 3 is 1.80 bits per heavy atom. The summed E-state index contributed by atoms with van der Waals surface area (Å²) in [6, 6.07) is 0. The van der Waals surface area contributed by atoms with Crippen LogP contribution >= 0.6 is 0 Å². The lowest BCUT2D eigenvalue weighted by Gasteiger charge is -2.44. The molecule has 0 rings (SSSR count). The van der Waals surface area contributed by atoms with Crippen LogP contribution in [0, 0.1) is 5.92 Å². The van der Waals surface area contributed by atoms with Crippen molar-refractivity contribution in [1.29, 1.82) is 0 Å². The van der Waals surface area contributed by atoms with Gasteiger partial charge in [0.25, 0.3) is 0 Å². The van der Waals surface area contributed by atoms with E-state index in [1.165, 1.54) is 13.2 Å². The van der Waals surface area contributed by atoms with E-state index in [1.807, 2.05) is 13.0 Å². The average Bonchev–Trinajstić information content (AvgIpc) is 2.57. The van der Waals surface area contributed by atoms with Crippen molar-refractivity contribution < 1.29 is 18.4 Å². The highest BCUT2D eigenvalue weighted by molar-refractivity contribution is 6.74. The van der Waals surface area contributed by atoms with Crippen LogP contribution in [0.15, 0.2) is 24.3 Å². The van der Waals surface area contributed by atoms with Gasteiger partial charge in [-0.1, -0.05) is 66.7 Å². The van der Waals surface area contributed by atoms with E-state index in [9.17, 15) is 4.79 Å². The normalized spacial score (nSPS) is 17.4. The van der Waals surface area contributed by atoms with E-state index in [-0.39, 0.29) is 34.2 Å². The zero-order valence-corrected chi connectivity index (χ0v) is 23.9. The third-order valence-corrected chi connectivity index (χ3v) is 15.8. The molecule has 0 N–H and O–H groups in total. The highest BCUT2D eigenvalue weighted by Gasteiger charge is 2.43. The average molecular weight is 457 g/mol. The van der Waals surface area contributed by atoms with Crippen molar-refractivity contribution >= 4 is 22.6 Å². The van der Waals surface area contributed by atoms with E-state index >= 15 is 0 Å². The van der Waals surface area contributed by atoms with Gasteiger partial charge >= 0.3 is 5.97 Å². The van der Waals surface area contributed by atoms with Crippen LogP contribution in [-0.2, 0) is 18.4 Å². The first-order valence-electron chi connectivity index (χ1n) is 11.1. The molecular weight excluding hydrogens is 408 g/mol. The van der Waals surface area contributed by atoms with Crippen molar-refractivity contribution in [3.8, 4) is 0 Å². The molecule has 0 fully saturated rings. The second kappa shape index (κ2) is 11.3. The summed E-state index contributed by atoms with van der Waals surface area (Å²) in [6.45, 7) is 26.9. The molecule has 0 spiro atoms. The maximum absolute atomic E-state index is 11.6. The highest BCUT2D eigenvalue weighted by atomic mass is 28.4. The van der Waals surface area contributed by atoms with Gasteiger partial charge in [0.15, 0.2) is 16.6 Å². The summed E-state index contributed by atoms with van der Waals surface area (Å²) in [5.74, 6) is -0.192. The summed E-state index contributed by atoms with van der Waals surface area (Å²) >= 11 is 0. The summed E-state index contributed by atoms with van der Waals surface area (Å²) in [5.41, 5.74) is 0. The highest BCUT2D eigenvalue weighted by Crippen LogP contribution is 2.41. The molecule has 0 aliphatic carbocycles. The Morgan fingerprint density at radius 2 is 1.40 bits per heavy atom. The molecule has 0 aromatic carbocycles. The Kier molecular flexibility index (Phi) is 11.0. The number of carbonyl (C=O) groups excluding carboxylic acids is 1. The van der Waals surface area contributed by atoms with Gasteiger partial charge < -0.3 is 13.6 Å². The maximum Gasteiger partial charge on any atom is 0.330 e. The first kappa shape index (κ1) is 29.3. The predicted octanol–water partition coefficient (Wildman–Crippen LogP) is 7.10. The van der Waals surface area contributed by atoms with E-state index in [0.29, 0.717) is 6.42 Å². The van der Waals surface area contributed by atoms with Crippen LogP contribution < -0.4 is 0 Å². The Morgan fingerprint density at radius 1 is 0.933 bits per heavy atom. The fourth-order valence-electron chi connectivity index (χ4n) is 2.53. The van der Waals surface area contributed by atoms with Gasteiger partial charge in [-0.15, -0.1) is 0 Å². The number of hydrogen-bond acceptors (Lipinski definition) is 4. The van der Waals surface area contributed by atoms with Crippen molar-refractivity contribution in [3.05, 3.63) is 24.3 Å². The molecule has 0 amide bonds. The van der Waals surface area contributed by atoms with E-state index in [2.05, 4.69) is 86.8 Å². The van der Waals surface area contributed by atoms with Gasteiger partial charge in [-0.25, -0.2) is 4.79 Å². The molecule has 3 atom stereocenters. The standard InChI is InChI=1S/C24H48O4Si2/c1-14-16-20(27-29(10,11)23(3,4)5)19(2)21(17-15-18-22(25)26-9)28-30(12,13)24(6,7)8/h14-16,18-21H,17H2,1-13H3/b16-14+,18-15-/t19-,20+,21-/m1/s1. The zero-order chi connectivity index (χ0) is 24.0. The Labute approximate surface area is 188 Å². The van der Waals surface area contributed by atoms with Gasteiger partial charge in [0.1, 0.15) is 0 Å². The molecule has 0 heterocycles. The first-order chi connectivity index (χ1) is 13.4. The minimum Gasteiger partial charge on any atom is -0.466 e. The van der Waals surface area contributed by atoms with E-state index in [0.717, 1.165) is 0 Å². The molecule has 30 heavy (non-hydrogen) atoms. The van der Waals surface area contributed by atoms with Crippen molar-refractivity contribution in [2.45, 2.75) is 110 Å². The van der Waals surface area contributed by atoms with Crippen molar-refractivity contribution in [2.24, 2.45) is 5.92 Å². The monoisotopic (exact) mass is 456 g/mol. The predicted molar refractivity (Wildman–Crippen MR) is 134 cm³/mol. The minimum atomic E-state index is -2.00. The molecule has 176 valence electrons. The maximum atomic E-state index is 11.6. The van der Waals surface area contributed by atoms with Crippen molar-refractivity contribution in [2.75, 3.05) is 7.11 Å². The van der Waals surface area contributed by atoms with E-state index < -0.39 is 16.6 Å². The summed E-state index contributed by atoms with van der Waals surface area (Å²) < 4.78 is 18.4. The minimum absolute atomic E-state index is 0.0304. The zero-order valence-electron chi connectivity index (χ0n) is 21.9. The lowest BCUT2D eigenvalue weighted by Crippen LogP contribution is -2.50. The number of hydrogen-bond donors (Lipinski definition) is 0. The molecule has 4 nitrogen and oxygen atoms in total. The van der Waals surface area contributed by atoms with E-state index in [1.54, 1.807) is 0 Å². The van der Waals surface area contributed by atoms with Crippen LogP contribution in [0.4, 0.5) is 0 Å². The lowest BCUT2D eigenvalue weighted by molar-refractivity contribution is -0.134. The largest absolute Gasteiger partial charge is 0.466 e. The SMILES string of the molecule is C/C=C/[C@H](O[Si](C)(C)C(C)(C)C)[C@@H](C)[C@@H](C/C=C\C(=O)OC)O[Si](C)(C)C(C)(C)C. The van der Waals surface area contributed by atoms with Crippen LogP contribution in [-0.4, -0.2) is 41.9 Å². The quantitative estimate of drug-likeness (QED) is 0.152. The Balaban J connectivity index is 5.89. The molecule has 0 saturated carbocycles. The molecule has 0 radical (unpaired) electrons. The molecule has 0 aromatic heterocycles. The fraction of sp³-hybridized carbons (Fsp3) is 0.792. The van der Waals surface area contributed by atoms with Crippen molar-refractivity contribution in [1.82, 2.24) is 0 Å².